The zero-order chi connectivity index (χ0) is 23.4. The van der Waals surface area contributed by atoms with Crippen molar-refractivity contribution in [2.75, 3.05) is 27.2 Å². The van der Waals surface area contributed by atoms with E-state index in [0.29, 0.717) is 6.54 Å². The third kappa shape index (κ3) is 4.81. The summed E-state index contributed by atoms with van der Waals surface area (Å²) in [5.74, 6) is 0.911. The first-order valence-corrected chi connectivity index (χ1v) is 11.6. The summed E-state index contributed by atoms with van der Waals surface area (Å²) < 4.78 is 7.38. The van der Waals surface area contributed by atoms with Gasteiger partial charge in [-0.25, -0.2) is 4.68 Å². The summed E-state index contributed by atoms with van der Waals surface area (Å²) >= 11 is 0. The number of rotatable bonds is 7. The largest absolute Gasteiger partial charge is 0.481 e. The number of amides is 1. The number of carbonyl (C=O) groups excluding carboxylic acids is 1. The molecular weight excluding hydrogens is 412 g/mol. The number of nitrogens with one attached hydrogen (secondary N) is 1. The van der Waals surface area contributed by atoms with Crippen LogP contribution in [0.5, 0.6) is 5.88 Å². The highest BCUT2D eigenvalue weighted by Gasteiger charge is 2.42. The van der Waals surface area contributed by atoms with Crippen LogP contribution < -0.4 is 10.1 Å². The molecular formula is C27H34N4O2. The third-order valence-corrected chi connectivity index (χ3v) is 6.83. The summed E-state index contributed by atoms with van der Waals surface area (Å²) in [6.07, 6.45) is 2.59. The van der Waals surface area contributed by atoms with Crippen LogP contribution in [0.3, 0.4) is 0 Å². The molecule has 6 heteroatoms. The summed E-state index contributed by atoms with van der Waals surface area (Å²) in [6, 6.07) is 19.0. The predicted octanol–water partition coefficient (Wildman–Crippen LogP) is 3.98. The molecule has 0 bridgehead atoms. The van der Waals surface area contributed by atoms with Crippen molar-refractivity contribution < 1.29 is 9.53 Å². The molecule has 0 unspecified atom stereocenters. The van der Waals surface area contributed by atoms with Crippen molar-refractivity contribution in [3.8, 4) is 17.0 Å². The fraction of sp³-hybridized carbons (Fsp3) is 0.407. The zero-order valence-corrected chi connectivity index (χ0v) is 20.1. The molecule has 1 atom stereocenters. The third-order valence-electron chi connectivity index (χ3n) is 6.83. The van der Waals surface area contributed by atoms with Gasteiger partial charge >= 0.3 is 0 Å². The smallest absolute Gasteiger partial charge is 0.227 e. The highest BCUT2D eigenvalue weighted by molar-refractivity contribution is 5.83. The van der Waals surface area contributed by atoms with E-state index in [9.17, 15) is 4.79 Å². The molecule has 2 aromatic carbocycles. The zero-order valence-electron chi connectivity index (χ0n) is 20.1. The van der Waals surface area contributed by atoms with Crippen molar-refractivity contribution >= 4 is 5.91 Å². The molecule has 174 valence electrons. The van der Waals surface area contributed by atoms with Crippen molar-refractivity contribution in [3.63, 3.8) is 0 Å². The Bertz CT molecular complexity index is 1090. The van der Waals surface area contributed by atoms with E-state index >= 15 is 0 Å². The SMILES string of the molecule is CNC(=O)[C@@]1(Cc2ccc(-c3ccccc3)cc2)CCCN(Cc2c(C)nn(C)c2OC)C1. The summed E-state index contributed by atoms with van der Waals surface area (Å²) in [7, 11) is 5.33. The molecule has 0 radical (unpaired) electrons. The number of likely N-dealkylation sites (tertiary alicyclic amines) is 1. The van der Waals surface area contributed by atoms with E-state index in [1.54, 1.807) is 18.8 Å². The molecule has 6 nitrogen and oxygen atoms in total. The number of nitrogens with zero attached hydrogens (tertiary/aromatic N) is 3. The van der Waals surface area contributed by atoms with Crippen LogP contribution in [0.25, 0.3) is 11.1 Å². The van der Waals surface area contributed by atoms with E-state index in [-0.39, 0.29) is 5.91 Å². The maximum absolute atomic E-state index is 13.2. The fourth-order valence-electron chi connectivity index (χ4n) is 5.22. The molecule has 1 saturated heterocycles. The summed E-state index contributed by atoms with van der Waals surface area (Å²) in [4.78, 5) is 15.6. The van der Waals surface area contributed by atoms with Crippen molar-refractivity contribution in [1.29, 1.82) is 0 Å². The maximum atomic E-state index is 13.2. The minimum atomic E-state index is -0.454. The van der Waals surface area contributed by atoms with Gasteiger partial charge in [0, 0.05) is 27.2 Å². The van der Waals surface area contributed by atoms with Gasteiger partial charge in [-0.15, -0.1) is 0 Å². The van der Waals surface area contributed by atoms with Gasteiger partial charge < -0.3 is 10.1 Å². The van der Waals surface area contributed by atoms with Gasteiger partial charge in [0.1, 0.15) is 0 Å². The van der Waals surface area contributed by atoms with Crippen LogP contribution >= 0.6 is 0 Å². The Kier molecular flexibility index (Phi) is 6.84. The molecule has 2 heterocycles. The molecule has 0 saturated carbocycles. The Morgan fingerprint density at radius 2 is 1.82 bits per heavy atom. The number of hydrogen-bond donors (Lipinski definition) is 1. The van der Waals surface area contributed by atoms with E-state index < -0.39 is 5.41 Å². The first-order valence-electron chi connectivity index (χ1n) is 11.6. The van der Waals surface area contributed by atoms with Crippen LogP contribution in [0.1, 0.15) is 29.7 Å². The number of methoxy groups -OCH3 is 1. The van der Waals surface area contributed by atoms with E-state index in [4.69, 9.17) is 4.74 Å². The molecule has 1 N–H and O–H groups in total. The van der Waals surface area contributed by atoms with Crippen molar-refractivity contribution in [1.82, 2.24) is 20.0 Å². The van der Waals surface area contributed by atoms with E-state index in [0.717, 1.165) is 49.5 Å². The van der Waals surface area contributed by atoms with Gasteiger partial charge in [0.15, 0.2) is 0 Å². The minimum Gasteiger partial charge on any atom is -0.481 e. The van der Waals surface area contributed by atoms with Crippen LogP contribution in [-0.4, -0.2) is 47.8 Å². The maximum Gasteiger partial charge on any atom is 0.227 e. The molecule has 0 aliphatic carbocycles. The molecule has 1 amide bonds. The average Bonchev–Trinajstić information content (AvgIpc) is 3.11. The summed E-state index contributed by atoms with van der Waals surface area (Å²) in [5, 5.41) is 7.47. The van der Waals surface area contributed by atoms with E-state index in [1.807, 2.05) is 20.0 Å². The lowest BCUT2D eigenvalue weighted by atomic mass is 9.74. The van der Waals surface area contributed by atoms with E-state index in [2.05, 4.69) is 63.8 Å². The van der Waals surface area contributed by atoms with Crippen LogP contribution in [-0.2, 0) is 24.8 Å². The van der Waals surface area contributed by atoms with Crippen molar-refractivity contribution in [2.24, 2.45) is 12.5 Å². The summed E-state index contributed by atoms with van der Waals surface area (Å²) in [5.41, 5.74) is 5.20. The van der Waals surface area contributed by atoms with Crippen LogP contribution in [0.15, 0.2) is 54.6 Å². The number of benzene rings is 2. The van der Waals surface area contributed by atoms with Crippen LogP contribution in [0, 0.1) is 12.3 Å². The standard InChI is InChI=1S/C27H34N4O2/c1-20-24(25(33-4)30(3)29-20)18-31-16-8-15-27(19-31,26(32)28-2)17-21-11-13-23(14-12-21)22-9-6-5-7-10-22/h5-7,9-14H,8,15-19H2,1-4H3,(H,28,32)/t27-/m1/s1. The number of aromatic nitrogens is 2. The number of aryl methyl sites for hydroxylation is 2. The fourth-order valence-corrected chi connectivity index (χ4v) is 5.22. The molecule has 0 spiro atoms. The Hall–Kier alpha value is -3.12. The Morgan fingerprint density at radius 3 is 2.48 bits per heavy atom. The average molecular weight is 447 g/mol. The Labute approximate surface area is 196 Å². The first-order chi connectivity index (χ1) is 16.0. The Morgan fingerprint density at radius 1 is 1.12 bits per heavy atom. The molecule has 1 aliphatic rings. The van der Waals surface area contributed by atoms with Gasteiger partial charge in [-0.2, -0.15) is 5.10 Å². The topological polar surface area (TPSA) is 59.4 Å². The molecule has 33 heavy (non-hydrogen) atoms. The van der Waals surface area contributed by atoms with Gasteiger partial charge in [-0.3, -0.25) is 9.69 Å². The highest BCUT2D eigenvalue weighted by Crippen LogP contribution is 2.36. The quantitative estimate of drug-likeness (QED) is 0.597. The van der Waals surface area contributed by atoms with Crippen molar-refractivity contribution in [3.05, 3.63) is 71.4 Å². The number of piperidine rings is 1. The van der Waals surface area contributed by atoms with Gasteiger partial charge in [-0.05, 0) is 49.4 Å². The lowest BCUT2D eigenvalue weighted by Crippen LogP contribution is -2.52. The van der Waals surface area contributed by atoms with Crippen molar-refractivity contribution in [2.45, 2.75) is 32.7 Å². The van der Waals surface area contributed by atoms with Gasteiger partial charge in [-0.1, -0.05) is 54.6 Å². The second kappa shape index (κ2) is 9.79. The second-order valence-corrected chi connectivity index (χ2v) is 9.11. The van der Waals surface area contributed by atoms with Crippen LogP contribution in [0.2, 0.25) is 0 Å². The second-order valence-electron chi connectivity index (χ2n) is 9.11. The predicted molar refractivity (Wildman–Crippen MR) is 131 cm³/mol. The normalized spacial score (nSPS) is 18.8. The minimum absolute atomic E-state index is 0.120. The van der Waals surface area contributed by atoms with Crippen LogP contribution in [0.4, 0.5) is 0 Å². The lowest BCUT2D eigenvalue weighted by Gasteiger charge is -2.41. The summed E-state index contributed by atoms with van der Waals surface area (Å²) in [6.45, 7) is 4.42. The first kappa shape index (κ1) is 23.1. The molecule has 1 fully saturated rings. The number of hydrogen-bond acceptors (Lipinski definition) is 4. The Balaban J connectivity index is 1.55. The number of carbonyl (C=O) groups is 1. The van der Waals surface area contributed by atoms with E-state index in [1.165, 1.54) is 16.7 Å². The lowest BCUT2D eigenvalue weighted by molar-refractivity contribution is -0.134. The van der Waals surface area contributed by atoms with Gasteiger partial charge in [0.05, 0.1) is 23.8 Å². The monoisotopic (exact) mass is 446 g/mol. The molecule has 1 aliphatic heterocycles. The molecule has 1 aromatic heterocycles. The van der Waals surface area contributed by atoms with Gasteiger partial charge in [0.2, 0.25) is 11.8 Å². The molecule has 4 rings (SSSR count). The highest BCUT2D eigenvalue weighted by atomic mass is 16.5. The molecule has 3 aromatic rings. The van der Waals surface area contributed by atoms with Gasteiger partial charge in [0.25, 0.3) is 0 Å². The number of ether oxygens (including phenoxy) is 1.